The molecular formula is C24H26F2N4O4. The standard InChI is InChI=1S/C24H26F2N4O4/c1-6-14(4)28-12-30(15(5)13(2)3)29-11-18(21(31)22(32)20(29)24(28)34)23(33)27-10-16-7-8-17(25)9-19(16)26/h6-9,11,14-15,32H,1-2,10,12H2,3-5H3,(H,27,33)/t14-,15?/m0/s1. The van der Waals surface area contributed by atoms with Crippen LogP contribution in [0, 0.1) is 11.6 Å². The van der Waals surface area contributed by atoms with Crippen LogP contribution in [0.1, 0.15) is 47.2 Å². The Hall–Kier alpha value is -3.95. The zero-order chi connectivity index (χ0) is 25.3. The topological polar surface area (TPSA) is 94.9 Å². The van der Waals surface area contributed by atoms with Gasteiger partial charge in [0.05, 0.1) is 6.04 Å². The summed E-state index contributed by atoms with van der Waals surface area (Å²) in [5.41, 5.74) is -1.03. The van der Waals surface area contributed by atoms with Crippen LogP contribution in [0.2, 0.25) is 0 Å². The minimum Gasteiger partial charge on any atom is -0.502 e. The Balaban J connectivity index is 2.05. The van der Waals surface area contributed by atoms with Crippen molar-refractivity contribution in [2.24, 2.45) is 0 Å². The van der Waals surface area contributed by atoms with Crippen LogP contribution < -0.4 is 15.8 Å². The average molecular weight is 472 g/mol. The van der Waals surface area contributed by atoms with Crippen LogP contribution in [0.5, 0.6) is 5.75 Å². The first-order chi connectivity index (χ1) is 16.0. The van der Waals surface area contributed by atoms with E-state index in [1.807, 2.05) is 6.92 Å². The smallest absolute Gasteiger partial charge is 0.278 e. The second-order valence-electron chi connectivity index (χ2n) is 8.19. The van der Waals surface area contributed by atoms with Gasteiger partial charge in [0, 0.05) is 30.4 Å². The number of benzene rings is 1. The van der Waals surface area contributed by atoms with Crippen LogP contribution in [0.4, 0.5) is 8.78 Å². The van der Waals surface area contributed by atoms with Crippen molar-refractivity contribution in [3.05, 3.63) is 87.9 Å². The lowest BCUT2D eigenvalue weighted by Crippen LogP contribution is -2.59. The molecule has 0 spiro atoms. The molecule has 8 nitrogen and oxygen atoms in total. The molecule has 2 N–H and O–H groups in total. The molecule has 0 radical (unpaired) electrons. The lowest BCUT2D eigenvalue weighted by Gasteiger charge is -2.44. The number of hydrogen-bond donors (Lipinski definition) is 2. The number of halogens is 2. The fourth-order valence-electron chi connectivity index (χ4n) is 3.52. The fourth-order valence-corrected chi connectivity index (χ4v) is 3.52. The number of aromatic hydroxyl groups is 1. The summed E-state index contributed by atoms with van der Waals surface area (Å²) in [5, 5.41) is 14.7. The summed E-state index contributed by atoms with van der Waals surface area (Å²) in [5.74, 6) is -4.00. The third-order valence-electron chi connectivity index (χ3n) is 5.89. The van der Waals surface area contributed by atoms with Crippen molar-refractivity contribution < 1.29 is 23.5 Å². The van der Waals surface area contributed by atoms with Crippen molar-refractivity contribution >= 4 is 11.8 Å². The van der Waals surface area contributed by atoms with E-state index in [0.29, 0.717) is 6.07 Å². The lowest BCUT2D eigenvalue weighted by molar-refractivity contribution is 0.0643. The highest BCUT2D eigenvalue weighted by Gasteiger charge is 2.37. The quantitative estimate of drug-likeness (QED) is 0.605. The maximum Gasteiger partial charge on any atom is 0.278 e. The molecule has 2 atom stereocenters. The molecule has 0 aliphatic carbocycles. The minimum absolute atomic E-state index is 0.0128. The maximum atomic E-state index is 13.9. The molecule has 2 amide bonds. The van der Waals surface area contributed by atoms with E-state index in [2.05, 4.69) is 18.5 Å². The van der Waals surface area contributed by atoms with Crippen molar-refractivity contribution in [2.45, 2.75) is 39.4 Å². The van der Waals surface area contributed by atoms with Gasteiger partial charge in [-0.25, -0.2) is 8.78 Å². The van der Waals surface area contributed by atoms with Crippen LogP contribution >= 0.6 is 0 Å². The zero-order valence-electron chi connectivity index (χ0n) is 19.1. The maximum absolute atomic E-state index is 13.9. The van der Waals surface area contributed by atoms with Gasteiger partial charge in [-0.1, -0.05) is 24.3 Å². The number of aromatic nitrogens is 1. The summed E-state index contributed by atoms with van der Waals surface area (Å²) in [4.78, 5) is 40.2. The molecular weight excluding hydrogens is 446 g/mol. The second kappa shape index (κ2) is 9.50. The van der Waals surface area contributed by atoms with E-state index in [0.717, 1.165) is 11.6 Å². The van der Waals surface area contributed by atoms with Crippen molar-refractivity contribution in [1.29, 1.82) is 0 Å². The van der Waals surface area contributed by atoms with Crippen molar-refractivity contribution in [1.82, 2.24) is 14.9 Å². The van der Waals surface area contributed by atoms with Gasteiger partial charge in [-0.3, -0.25) is 24.1 Å². The first-order valence-corrected chi connectivity index (χ1v) is 10.5. The van der Waals surface area contributed by atoms with Gasteiger partial charge in [-0.15, -0.1) is 6.58 Å². The van der Waals surface area contributed by atoms with Gasteiger partial charge in [0.15, 0.2) is 11.4 Å². The predicted molar refractivity (Wildman–Crippen MR) is 123 cm³/mol. The summed E-state index contributed by atoms with van der Waals surface area (Å²) in [6.45, 7) is 12.8. The van der Waals surface area contributed by atoms with Crippen molar-refractivity contribution in [3.8, 4) is 5.75 Å². The van der Waals surface area contributed by atoms with E-state index in [-0.39, 0.29) is 30.5 Å². The number of pyridine rings is 1. The highest BCUT2D eigenvalue weighted by Crippen LogP contribution is 2.25. The van der Waals surface area contributed by atoms with Crippen LogP contribution in [-0.4, -0.2) is 45.2 Å². The fraction of sp³-hybridized carbons (Fsp3) is 0.292. The molecule has 180 valence electrons. The highest BCUT2D eigenvalue weighted by atomic mass is 19.1. The number of carbonyl (C=O) groups is 2. The van der Waals surface area contributed by atoms with E-state index in [4.69, 9.17) is 0 Å². The molecule has 1 aliphatic heterocycles. The Labute approximate surface area is 195 Å². The lowest BCUT2D eigenvalue weighted by atomic mass is 10.1. The predicted octanol–water partition coefficient (Wildman–Crippen LogP) is 2.65. The Bertz CT molecular complexity index is 1240. The van der Waals surface area contributed by atoms with E-state index < -0.39 is 46.2 Å². The van der Waals surface area contributed by atoms with Gasteiger partial charge < -0.3 is 15.3 Å². The minimum atomic E-state index is -1.05. The zero-order valence-corrected chi connectivity index (χ0v) is 19.1. The molecule has 2 heterocycles. The molecule has 1 aliphatic rings. The largest absolute Gasteiger partial charge is 0.502 e. The van der Waals surface area contributed by atoms with Gasteiger partial charge in [0.25, 0.3) is 11.8 Å². The average Bonchev–Trinajstić information content (AvgIpc) is 2.79. The molecule has 0 fully saturated rings. The first-order valence-electron chi connectivity index (χ1n) is 10.5. The second-order valence-corrected chi connectivity index (χ2v) is 8.19. The van der Waals surface area contributed by atoms with Crippen molar-refractivity contribution in [3.63, 3.8) is 0 Å². The van der Waals surface area contributed by atoms with Crippen molar-refractivity contribution in [2.75, 3.05) is 11.7 Å². The van der Waals surface area contributed by atoms with Gasteiger partial charge in [-0.05, 0) is 26.8 Å². The monoisotopic (exact) mass is 472 g/mol. The third-order valence-corrected chi connectivity index (χ3v) is 5.89. The van der Waals surface area contributed by atoms with Gasteiger partial charge in [0.2, 0.25) is 5.43 Å². The molecule has 0 saturated heterocycles. The Morgan fingerprint density at radius 3 is 2.56 bits per heavy atom. The number of nitrogens with one attached hydrogen (secondary N) is 1. The molecule has 34 heavy (non-hydrogen) atoms. The summed E-state index contributed by atoms with van der Waals surface area (Å²) in [6, 6.07) is 2.16. The van der Waals surface area contributed by atoms with E-state index in [1.165, 1.54) is 21.8 Å². The number of carbonyl (C=O) groups excluding carboxylic acids is 2. The Morgan fingerprint density at radius 2 is 1.97 bits per heavy atom. The summed E-state index contributed by atoms with van der Waals surface area (Å²) >= 11 is 0. The number of nitrogens with zero attached hydrogens (tertiary/aromatic N) is 3. The van der Waals surface area contributed by atoms with Gasteiger partial charge >= 0.3 is 0 Å². The molecule has 3 rings (SSSR count). The molecule has 10 heteroatoms. The molecule has 1 unspecified atom stereocenters. The normalized spacial score (nSPS) is 14.9. The SMILES string of the molecule is C=C[C@H](C)N1CN(C(C)C(=C)C)n2cc(C(=O)NCc3ccc(F)cc3F)c(=O)c(O)c2C1=O. The third kappa shape index (κ3) is 4.43. The van der Waals surface area contributed by atoms with Crippen LogP contribution in [0.15, 0.2) is 54.0 Å². The van der Waals surface area contributed by atoms with Crippen LogP contribution in [0.25, 0.3) is 0 Å². The number of amides is 2. The van der Waals surface area contributed by atoms with E-state index >= 15 is 0 Å². The number of fused-ring (bicyclic) bond motifs is 1. The molecule has 0 bridgehead atoms. The molecule has 2 aromatic rings. The molecule has 1 aromatic heterocycles. The molecule has 1 aromatic carbocycles. The van der Waals surface area contributed by atoms with Gasteiger partial charge in [0.1, 0.15) is 23.9 Å². The summed E-state index contributed by atoms with van der Waals surface area (Å²) < 4.78 is 28.3. The number of hydrogen-bond acceptors (Lipinski definition) is 5. The summed E-state index contributed by atoms with van der Waals surface area (Å²) in [6.07, 6.45) is 2.73. The molecule has 0 saturated carbocycles. The van der Waals surface area contributed by atoms with E-state index in [9.17, 15) is 28.3 Å². The first kappa shape index (κ1) is 24.7. The van der Waals surface area contributed by atoms with Gasteiger partial charge in [-0.2, -0.15) is 0 Å². The number of rotatable bonds is 7. The van der Waals surface area contributed by atoms with Crippen LogP contribution in [0.3, 0.4) is 0 Å². The van der Waals surface area contributed by atoms with Crippen LogP contribution in [-0.2, 0) is 6.54 Å². The highest BCUT2D eigenvalue weighted by molar-refractivity contribution is 5.99. The summed E-state index contributed by atoms with van der Waals surface area (Å²) in [7, 11) is 0. The Morgan fingerprint density at radius 1 is 1.29 bits per heavy atom. The Kier molecular flexibility index (Phi) is 6.90. The van der Waals surface area contributed by atoms with E-state index in [1.54, 1.807) is 24.9 Å².